The zero-order valence-corrected chi connectivity index (χ0v) is 38.7. The van der Waals surface area contributed by atoms with Gasteiger partial charge in [-0.05, 0) is 139 Å². The number of imidazole rings is 1. The number of primary amides is 1. The summed E-state index contributed by atoms with van der Waals surface area (Å²) in [4.78, 5) is 45.8. The molecule has 1 unspecified atom stereocenters. The Bertz CT molecular complexity index is 2380. The van der Waals surface area contributed by atoms with Crippen LogP contribution in [-0.2, 0) is 43.5 Å². The minimum atomic E-state index is -0.434. The van der Waals surface area contributed by atoms with Gasteiger partial charge in [0.2, 0.25) is 5.91 Å². The molecule has 63 heavy (non-hydrogen) atoms. The van der Waals surface area contributed by atoms with Gasteiger partial charge in [-0.3, -0.25) is 19.3 Å². The van der Waals surface area contributed by atoms with Crippen molar-refractivity contribution in [3.8, 4) is 11.4 Å². The molecule has 0 spiro atoms. The first-order valence-corrected chi connectivity index (χ1v) is 23.2. The van der Waals surface area contributed by atoms with Crippen LogP contribution >= 0.6 is 46.4 Å². The van der Waals surface area contributed by atoms with Crippen molar-refractivity contribution in [3.05, 3.63) is 116 Å². The maximum absolute atomic E-state index is 13.0. The monoisotopic (exact) mass is 931 g/mol. The van der Waals surface area contributed by atoms with Gasteiger partial charge < -0.3 is 24.7 Å². The molecule has 4 aliphatic rings. The maximum Gasteiger partial charge on any atom is 0.302 e. The summed E-state index contributed by atoms with van der Waals surface area (Å²) in [6.07, 6.45) is 7.86. The number of aromatic nitrogens is 2. The van der Waals surface area contributed by atoms with Gasteiger partial charge in [-0.15, -0.1) is 0 Å². The Hall–Kier alpha value is -4.32. The Kier molecular flexibility index (Phi) is 14.0. The third kappa shape index (κ3) is 10.8. The molecule has 1 amide bonds. The van der Waals surface area contributed by atoms with Gasteiger partial charge in [-0.25, -0.2) is 4.98 Å². The summed E-state index contributed by atoms with van der Waals surface area (Å²) in [6.45, 7) is 5.81. The van der Waals surface area contributed by atoms with Crippen molar-refractivity contribution in [3.63, 3.8) is 0 Å². The topological polar surface area (TPSA) is 120 Å². The van der Waals surface area contributed by atoms with Gasteiger partial charge in [-0.2, -0.15) is 0 Å². The van der Waals surface area contributed by atoms with Crippen molar-refractivity contribution in [1.29, 1.82) is 0 Å². The summed E-state index contributed by atoms with van der Waals surface area (Å²) in [6, 6.07) is 25.3. The fourth-order valence-corrected chi connectivity index (χ4v) is 11.7. The fourth-order valence-electron chi connectivity index (χ4n) is 11.0. The quantitative estimate of drug-likeness (QED) is 0.0863. The van der Waals surface area contributed by atoms with Crippen LogP contribution in [0.15, 0.2) is 78.9 Å². The third-order valence-electron chi connectivity index (χ3n) is 13.2. The standard InChI is InChI=1S/C49H53Cl4N5O5/c1-30(59)62-15-13-56(14-16-63-31(2)60)39-8-5-37(6-9-39)48-55-44-22-38(7-12-45(44)58(48)29-49-24-34-17-35(25-49)19-36(18-34)26-49)46(23-47(54)61)57(27-32-3-10-40(50)42(52)20-32)28-33-4-11-41(51)43(53)21-33/h3-12,20-22,34-36,46H,13-19,23-29H2,1-2H3,(H2,54,61). The molecule has 332 valence electrons. The van der Waals surface area contributed by atoms with Crippen LogP contribution in [-0.4, -0.2) is 58.6 Å². The number of anilines is 1. The molecule has 9 rings (SSSR count). The van der Waals surface area contributed by atoms with E-state index < -0.39 is 11.9 Å². The van der Waals surface area contributed by atoms with Crippen molar-refractivity contribution >= 4 is 81.0 Å². The highest BCUT2D eigenvalue weighted by molar-refractivity contribution is 6.42. The number of rotatable bonds is 18. The summed E-state index contributed by atoms with van der Waals surface area (Å²) in [7, 11) is 0. The molecule has 4 bridgehead atoms. The van der Waals surface area contributed by atoms with E-state index in [4.69, 9.17) is 66.6 Å². The molecule has 1 aromatic heterocycles. The minimum Gasteiger partial charge on any atom is -0.464 e. The van der Waals surface area contributed by atoms with Crippen molar-refractivity contribution < 1.29 is 23.9 Å². The van der Waals surface area contributed by atoms with Gasteiger partial charge in [-0.1, -0.05) is 64.6 Å². The number of carbonyl (C=O) groups is 3. The van der Waals surface area contributed by atoms with E-state index in [1.807, 2.05) is 41.3 Å². The molecule has 0 saturated heterocycles. The predicted octanol–water partition coefficient (Wildman–Crippen LogP) is 11.1. The number of halogens is 4. The SMILES string of the molecule is CC(=O)OCCN(CCOC(C)=O)c1ccc(-c2nc3cc(C(CC(N)=O)N(Cc4ccc(Cl)c(Cl)c4)Cc4ccc(Cl)c(Cl)c4)ccc3n2CC23CC4CC(CC(C4)C2)C3)cc1. The van der Waals surface area contributed by atoms with Gasteiger partial charge >= 0.3 is 11.9 Å². The number of esters is 2. The lowest BCUT2D eigenvalue weighted by Gasteiger charge is -2.57. The van der Waals surface area contributed by atoms with E-state index in [1.54, 1.807) is 12.1 Å². The van der Waals surface area contributed by atoms with Crippen LogP contribution in [0.4, 0.5) is 5.69 Å². The first kappa shape index (κ1) is 45.3. The zero-order chi connectivity index (χ0) is 44.4. The second kappa shape index (κ2) is 19.4. The van der Waals surface area contributed by atoms with E-state index in [2.05, 4.69) is 39.8 Å². The van der Waals surface area contributed by atoms with E-state index in [0.29, 0.717) is 46.3 Å². The summed E-state index contributed by atoms with van der Waals surface area (Å²) in [5.41, 5.74) is 12.7. The van der Waals surface area contributed by atoms with Gasteiger partial charge in [0.25, 0.3) is 0 Å². The lowest BCUT2D eigenvalue weighted by molar-refractivity contribution is -0.141. The molecule has 10 nitrogen and oxygen atoms in total. The third-order valence-corrected chi connectivity index (χ3v) is 14.7. The number of hydrogen-bond donors (Lipinski definition) is 1. The number of hydrogen-bond acceptors (Lipinski definition) is 8. The molecule has 1 heterocycles. The van der Waals surface area contributed by atoms with Crippen molar-refractivity contribution in [2.24, 2.45) is 28.9 Å². The van der Waals surface area contributed by atoms with Crippen molar-refractivity contribution in [1.82, 2.24) is 14.5 Å². The van der Waals surface area contributed by atoms with Crippen molar-refractivity contribution in [2.45, 2.75) is 84.5 Å². The summed E-state index contributed by atoms with van der Waals surface area (Å²) >= 11 is 25.7. The Morgan fingerprint density at radius 3 is 1.78 bits per heavy atom. The normalized spacial score (nSPS) is 20.6. The molecular formula is C49H53Cl4N5O5. The number of ether oxygens (including phenoxy) is 2. The number of carbonyl (C=O) groups excluding carboxylic acids is 3. The summed E-state index contributed by atoms with van der Waals surface area (Å²) in [5, 5.41) is 1.80. The maximum atomic E-state index is 13.0. The van der Waals surface area contributed by atoms with Crippen LogP contribution in [0.1, 0.15) is 81.5 Å². The highest BCUT2D eigenvalue weighted by Crippen LogP contribution is 2.61. The summed E-state index contributed by atoms with van der Waals surface area (Å²) in [5.74, 6) is 2.11. The largest absolute Gasteiger partial charge is 0.464 e. The average Bonchev–Trinajstić information content (AvgIpc) is 3.57. The average molecular weight is 934 g/mol. The number of nitrogens with zero attached hydrogens (tertiary/aromatic N) is 4. The van der Waals surface area contributed by atoms with E-state index in [0.717, 1.165) is 69.1 Å². The van der Waals surface area contributed by atoms with Gasteiger partial charge in [0.1, 0.15) is 19.0 Å². The van der Waals surface area contributed by atoms with E-state index in [9.17, 15) is 14.4 Å². The number of benzene rings is 4. The van der Waals surface area contributed by atoms with Gasteiger partial charge in [0, 0.05) is 57.2 Å². The molecule has 5 aromatic rings. The molecule has 1 atom stereocenters. The van der Waals surface area contributed by atoms with E-state index in [-0.39, 0.29) is 37.0 Å². The zero-order valence-electron chi connectivity index (χ0n) is 35.6. The molecular weight excluding hydrogens is 880 g/mol. The van der Waals surface area contributed by atoms with E-state index >= 15 is 0 Å². The highest BCUT2D eigenvalue weighted by Gasteiger charge is 2.51. The molecule has 4 fully saturated rings. The molecule has 4 aliphatic carbocycles. The lowest BCUT2D eigenvalue weighted by Crippen LogP contribution is -2.47. The second-order valence-corrected chi connectivity index (χ2v) is 19.6. The molecule has 0 aliphatic heterocycles. The molecule has 0 radical (unpaired) electrons. The highest BCUT2D eigenvalue weighted by atomic mass is 35.5. The number of nitrogens with two attached hydrogens (primary N) is 1. The van der Waals surface area contributed by atoms with Crippen LogP contribution < -0.4 is 10.6 Å². The van der Waals surface area contributed by atoms with Gasteiger partial charge in [0.05, 0.1) is 44.2 Å². The first-order chi connectivity index (χ1) is 30.2. The van der Waals surface area contributed by atoms with E-state index in [1.165, 1.54) is 52.4 Å². The molecule has 2 N–H and O–H groups in total. The molecule has 4 aromatic carbocycles. The molecule has 14 heteroatoms. The smallest absolute Gasteiger partial charge is 0.302 e. The van der Waals surface area contributed by atoms with Crippen LogP contribution in [0.3, 0.4) is 0 Å². The number of fused-ring (bicyclic) bond motifs is 1. The second-order valence-electron chi connectivity index (χ2n) is 18.0. The van der Waals surface area contributed by atoms with Gasteiger partial charge in [0.15, 0.2) is 0 Å². The van der Waals surface area contributed by atoms with Crippen LogP contribution in [0.25, 0.3) is 22.4 Å². The van der Waals surface area contributed by atoms with Crippen LogP contribution in [0.2, 0.25) is 20.1 Å². The van der Waals surface area contributed by atoms with Crippen molar-refractivity contribution in [2.75, 3.05) is 31.2 Å². The lowest BCUT2D eigenvalue weighted by atomic mass is 9.49. The minimum absolute atomic E-state index is 0.0574. The number of amides is 1. The Labute approximate surface area is 388 Å². The molecule has 4 saturated carbocycles. The van der Waals surface area contributed by atoms with Crippen LogP contribution in [0.5, 0.6) is 0 Å². The first-order valence-electron chi connectivity index (χ1n) is 21.7. The Morgan fingerprint density at radius 2 is 1.29 bits per heavy atom. The Balaban J connectivity index is 1.18. The summed E-state index contributed by atoms with van der Waals surface area (Å²) < 4.78 is 13.0. The van der Waals surface area contributed by atoms with Crippen LogP contribution in [0, 0.1) is 23.2 Å². The fraction of sp³-hybridized carbons (Fsp3) is 0.429. The Morgan fingerprint density at radius 1 is 0.746 bits per heavy atom. The predicted molar refractivity (Wildman–Crippen MR) is 250 cm³/mol.